The number of hydrogen-bond acceptors (Lipinski definition) is 4. The summed E-state index contributed by atoms with van der Waals surface area (Å²) in [5.74, 6) is 2.13. The molecule has 2 nitrogen and oxygen atoms in total. The highest BCUT2D eigenvalue weighted by Crippen LogP contribution is 2.24. The van der Waals surface area contributed by atoms with E-state index in [2.05, 4.69) is 17.6 Å². The normalized spacial score (nSPS) is 11.2. The van der Waals surface area contributed by atoms with Gasteiger partial charge in [0.25, 0.3) is 5.22 Å². The van der Waals surface area contributed by atoms with Crippen LogP contribution >= 0.6 is 24.4 Å². The molecule has 2 rings (SSSR count). The van der Waals surface area contributed by atoms with Gasteiger partial charge in [-0.1, -0.05) is 56.0 Å². The largest absolute Gasteiger partial charge is 0.431 e. The van der Waals surface area contributed by atoms with E-state index in [1.165, 1.54) is 44.9 Å². The van der Waals surface area contributed by atoms with Crippen molar-refractivity contribution < 1.29 is 4.42 Å². The third-order valence-corrected chi connectivity index (χ3v) is 4.53. The summed E-state index contributed by atoms with van der Waals surface area (Å²) in [5, 5.41) is 0.806. The molecule has 0 saturated heterocycles. The highest BCUT2D eigenvalue weighted by Gasteiger charge is 2.04. The van der Waals surface area contributed by atoms with Gasteiger partial charge in [0.2, 0.25) is 0 Å². The molecule has 0 N–H and O–H groups in total. The molecule has 0 bridgehead atoms. The summed E-state index contributed by atoms with van der Waals surface area (Å²) >= 11 is 5.96. The lowest BCUT2D eigenvalue weighted by atomic mass is 10.1. The Morgan fingerprint density at radius 2 is 1.65 bits per heavy atom. The molecule has 0 unspecified atom stereocenters. The molecule has 0 amide bonds. The first kappa shape index (κ1) is 15.8. The Morgan fingerprint density at radius 3 is 2.40 bits per heavy atom. The molecular weight excluding hydrogens is 286 g/mol. The van der Waals surface area contributed by atoms with E-state index in [0.717, 1.165) is 27.8 Å². The third kappa shape index (κ3) is 5.41. The fourth-order valence-corrected chi connectivity index (χ4v) is 3.23. The van der Waals surface area contributed by atoms with E-state index in [9.17, 15) is 0 Å². The minimum Gasteiger partial charge on any atom is -0.431 e. The first-order valence-corrected chi connectivity index (χ1v) is 9.11. The van der Waals surface area contributed by atoms with Gasteiger partial charge >= 0.3 is 0 Å². The molecule has 0 aliphatic carbocycles. The number of fused-ring (bicyclic) bond motifs is 1. The maximum absolute atomic E-state index is 5.68. The highest BCUT2D eigenvalue weighted by atomic mass is 32.2. The number of thiol groups is 1. The SMILES string of the molecule is SCCCCCCCCCSc1nc2ccccc2o1. The second kappa shape index (κ2) is 9.35. The van der Waals surface area contributed by atoms with Crippen molar-refractivity contribution in [1.82, 2.24) is 4.98 Å². The van der Waals surface area contributed by atoms with Crippen LogP contribution in [0.25, 0.3) is 11.1 Å². The molecule has 1 aromatic carbocycles. The minimum absolute atomic E-state index is 0.806. The molecule has 110 valence electrons. The maximum atomic E-state index is 5.68. The van der Waals surface area contributed by atoms with Crippen LogP contribution in [-0.2, 0) is 0 Å². The molecule has 1 heterocycles. The molecule has 0 fully saturated rings. The molecule has 0 saturated carbocycles. The first-order valence-electron chi connectivity index (χ1n) is 7.49. The summed E-state index contributed by atoms with van der Waals surface area (Å²) in [4.78, 5) is 4.47. The zero-order valence-corrected chi connectivity index (χ0v) is 13.6. The van der Waals surface area contributed by atoms with Gasteiger partial charge in [-0.25, -0.2) is 4.98 Å². The van der Waals surface area contributed by atoms with Gasteiger partial charge in [-0.05, 0) is 30.7 Å². The Bertz CT molecular complexity index is 465. The number of rotatable bonds is 10. The van der Waals surface area contributed by atoms with Crippen LogP contribution in [0.15, 0.2) is 33.9 Å². The summed E-state index contributed by atoms with van der Waals surface area (Å²) in [7, 11) is 0. The van der Waals surface area contributed by atoms with Crippen LogP contribution in [0.2, 0.25) is 0 Å². The van der Waals surface area contributed by atoms with Gasteiger partial charge in [0, 0.05) is 5.75 Å². The second-order valence-corrected chi connectivity index (χ2v) is 6.49. The Kier molecular flexibility index (Phi) is 7.37. The van der Waals surface area contributed by atoms with Crippen molar-refractivity contribution in [2.24, 2.45) is 0 Å². The van der Waals surface area contributed by atoms with Crippen molar-refractivity contribution in [3.05, 3.63) is 24.3 Å². The number of hydrogen-bond donors (Lipinski definition) is 1. The van der Waals surface area contributed by atoms with Gasteiger partial charge in [-0.15, -0.1) is 0 Å². The van der Waals surface area contributed by atoms with Crippen LogP contribution < -0.4 is 0 Å². The first-order chi connectivity index (χ1) is 9.90. The van der Waals surface area contributed by atoms with Crippen LogP contribution in [0.3, 0.4) is 0 Å². The molecule has 4 heteroatoms. The number of para-hydroxylation sites is 2. The van der Waals surface area contributed by atoms with E-state index >= 15 is 0 Å². The smallest absolute Gasteiger partial charge is 0.256 e. The second-order valence-electron chi connectivity index (χ2n) is 4.99. The van der Waals surface area contributed by atoms with Crippen molar-refractivity contribution >= 4 is 35.5 Å². The average Bonchev–Trinajstić information content (AvgIpc) is 2.88. The van der Waals surface area contributed by atoms with Crippen molar-refractivity contribution in [2.75, 3.05) is 11.5 Å². The topological polar surface area (TPSA) is 26.0 Å². The summed E-state index contributed by atoms with van der Waals surface area (Å²) in [6.45, 7) is 0. The lowest BCUT2D eigenvalue weighted by Gasteiger charge is -2.00. The molecule has 20 heavy (non-hydrogen) atoms. The highest BCUT2D eigenvalue weighted by molar-refractivity contribution is 7.99. The monoisotopic (exact) mass is 309 g/mol. The van der Waals surface area contributed by atoms with E-state index in [1.54, 1.807) is 11.8 Å². The number of unbranched alkanes of at least 4 members (excludes halogenated alkanes) is 6. The van der Waals surface area contributed by atoms with Crippen LogP contribution in [0, 0.1) is 0 Å². The van der Waals surface area contributed by atoms with Crippen LogP contribution in [0.1, 0.15) is 44.9 Å². The molecule has 0 radical (unpaired) electrons. The van der Waals surface area contributed by atoms with Crippen molar-refractivity contribution in [2.45, 2.75) is 50.2 Å². The van der Waals surface area contributed by atoms with Gasteiger partial charge < -0.3 is 4.42 Å². The molecule has 0 aliphatic heterocycles. The number of aromatic nitrogens is 1. The van der Waals surface area contributed by atoms with E-state index in [1.807, 2.05) is 24.3 Å². The van der Waals surface area contributed by atoms with Gasteiger partial charge in [-0.3, -0.25) is 0 Å². The fourth-order valence-electron chi connectivity index (χ4n) is 2.17. The number of oxazole rings is 1. The minimum atomic E-state index is 0.806. The lowest BCUT2D eigenvalue weighted by Crippen LogP contribution is -1.84. The van der Waals surface area contributed by atoms with Crippen molar-refractivity contribution in [3.63, 3.8) is 0 Å². The number of benzene rings is 1. The predicted octanol–water partition coefficient (Wildman–Crippen LogP) is 5.58. The summed E-state index contributed by atoms with van der Waals surface area (Å²) < 4.78 is 5.68. The molecule has 0 atom stereocenters. The lowest BCUT2D eigenvalue weighted by molar-refractivity contribution is 0.489. The molecule has 1 aromatic heterocycles. The van der Waals surface area contributed by atoms with Crippen LogP contribution in [-0.4, -0.2) is 16.5 Å². The maximum Gasteiger partial charge on any atom is 0.256 e. The van der Waals surface area contributed by atoms with Crippen molar-refractivity contribution in [3.8, 4) is 0 Å². The quantitative estimate of drug-likeness (QED) is 0.352. The van der Waals surface area contributed by atoms with E-state index in [4.69, 9.17) is 4.42 Å². The van der Waals surface area contributed by atoms with E-state index < -0.39 is 0 Å². The summed E-state index contributed by atoms with van der Waals surface area (Å²) in [5.41, 5.74) is 1.85. The number of thioether (sulfide) groups is 1. The fraction of sp³-hybridized carbons (Fsp3) is 0.562. The summed E-state index contributed by atoms with van der Waals surface area (Å²) in [6, 6.07) is 7.94. The van der Waals surface area contributed by atoms with Crippen LogP contribution in [0.5, 0.6) is 0 Å². The van der Waals surface area contributed by atoms with Gasteiger partial charge in [-0.2, -0.15) is 12.6 Å². The van der Waals surface area contributed by atoms with Gasteiger partial charge in [0.1, 0.15) is 5.52 Å². The zero-order valence-electron chi connectivity index (χ0n) is 11.9. The van der Waals surface area contributed by atoms with E-state index in [-0.39, 0.29) is 0 Å². The Morgan fingerprint density at radius 1 is 0.950 bits per heavy atom. The standard InChI is InChI=1S/C16H23NOS2/c19-12-8-4-2-1-3-5-9-13-20-16-17-14-10-6-7-11-15(14)18-16/h6-7,10-11,19H,1-5,8-9,12-13H2. The van der Waals surface area contributed by atoms with Crippen LogP contribution in [0.4, 0.5) is 0 Å². The average molecular weight is 310 g/mol. The Balaban J connectivity index is 1.55. The predicted molar refractivity (Wildman–Crippen MR) is 90.9 cm³/mol. The molecule has 2 aromatic rings. The third-order valence-electron chi connectivity index (χ3n) is 3.30. The van der Waals surface area contributed by atoms with Crippen molar-refractivity contribution in [1.29, 1.82) is 0 Å². The number of nitrogens with zero attached hydrogens (tertiary/aromatic N) is 1. The Hall–Kier alpha value is -0.610. The molecular formula is C16H23NOS2. The summed E-state index contributed by atoms with van der Waals surface area (Å²) in [6.07, 6.45) is 9.22. The van der Waals surface area contributed by atoms with E-state index in [0.29, 0.717) is 0 Å². The van der Waals surface area contributed by atoms with Gasteiger partial charge in [0.05, 0.1) is 0 Å². The molecule has 0 aliphatic rings. The van der Waals surface area contributed by atoms with Gasteiger partial charge in [0.15, 0.2) is 5.58 Å². The Labute approximate surface area is 131 Å². The zero-order chi connectivity index (χ0) is 14.0. The molecule has 0 spiro atoms.